The highest BCUT2D eigenvalue weighted by atomic mass is 16.6. The Bertz CT molecular complexity index is 713. The lowest BCUT2D eigenvalue weighted by atomic mass is 10.0. The van der Waals surface area contributed by atoms with Crippen molar-refractivity contribution in [3.8, 4) is 16.9 Å². The van der Waals surface area contributed by atoms with Gasteiger partial charge in [0.15, 0.2) is 0 Å². The smallest absolute Gasteiger partial charge is 0.409 e. The zero-order chi connectivity index (χ0) is 17.6. The van der Waals surface area contributed by atoms with Gasteiger partial charge in [-0.05, 0) is 30.7 Å². The number of aromatic hydroxyl groups is 1. The molecule has 0 unspecified atom stereocenters. The number of carbonyl (C=O) groups is 1. The zero-order valence-corrected chi connectivity index (χ0v) is 14.4. The van der Waals surface area contributed by atoms with Crippen molar-refractivity contribution in [3.63, 3.8) is 0 Å². The molecular weight excluding hydrogens is 318 g/mol. The first-order valence-corrected chi connectivity index (χ1v) is 8.53. The molecule has 1 aliphatic heterocycles. The summed E-state index contributed by atoms with van der Waals surface area (Å²) in [5, 5.41) is 10.2. The molecule has 1 aromatic carbocycles. The number of aromatic nitrogens is 1. The molecule has 132 valence electrons. The molecule has 0 spiro atoms. The summed E-state index contributed by atoms with van der Waals surface area (Å²) in [7, 11) is 0. The van der Waals surface area contributed by atoms with Gasteiger partial charge in [-0.25, -0.2) is 4.79 Å². The standard InChI is InChI=1S/C19H23N3O3/c1-2-25-19(24)22-10-8-21(9-11-22)14-17-12-15(5-6-18(17)23)16-4-3-7-20-13-16/h3-7,12-13,23H,2,8-11,14H2,1H3. The molecule has 3 rings (SSSR count). The highest BCUT2D eigenvalue weighted by Crippen LogP contribution is 2.26. The van der Waals surface area contributed by atoms with Crippen molar-refractivity contribution in [2.75, 3.05) is 32.8 Å². The van der Waals surface area contributed by atoms with Crippen LogP contribution in [0.15, 0.2) is 42.7 Å². The van der Waals surface area contributed by atoms with Crippen LogP contribution in [0.3, 0.4) is 0 Å². The van der Waals surface area contributed by atoms with Crippen molar-refractivity contribution in [3.05, 3.63) is 48.3 Å². The van der Waals surface area contributed by atoms with E-state index in [1.54, 1.807) is 17.2 Å². The predicted octanol–water partition coefficient (Wildman–Crippen LogP) is 2.73. The molecule has 6 nitrogen and oxygen atoms in total. The van der Waals surface area contributed by atoms with E-state index in [1.807, 2.05) is 37.4 Å². The van der Waals surface area contributed by atoms with Crippen LogP contribution in [0.1, 0.15) is 12.5 Å². The summed E-state index contributed by atoms with van der Waals surface area (Å²) in [6.07, 6.45) is 3.31. The van der Waals surface area contributed by atoms with E-state index < -0.39 is 0 Å². The van der Waals surface area contributed by atoms with E-state index >= 15 is 0 Å². The average Bonchev–Trinajstić information content (AvgIpc) is 2.65. The van der Waals surface area contributed by atoms with Gasteiger partial charge >= 0.3 is 6.09 Å². The zero-order valence-electron chi connectivity index (χ0n) is 14.4. The largest absolute Gasteiger partial charge is 0.508 e. The molecular formula is C19H23N3O3. The van der Waals surface area contributed by atoms with Crippen LogP contribution in [0.25, 0.3) is 11.1 Å². The topological polar surface area (TPSA) is 65.9 Å². The molecule has 1 saturated heterocycles. The fourth-order valence-electron chi connectivity index (χ4n) is 2.97. The van der Waals surface area contributed by atoms with Crippen molar-refractivity contribution in [2.45, 2.75) is 13.5 Å². The molecule has 2 aromatic rings. The van der Waals surface area contributed by atoms with Crippen LogP contribution in [0.2, 0.25) is 0 Å². The maximum atomic E-state index is 11.8. The highest BCUT2D eigenvalue weighted by Gasteiger charge is 2.22. The van der Waals surface area contributed by atoms with Crippen molar-refractivity contribution in [1.82, 2.24) is 14.8 Å². The molecule has 1 fully saturated rings. The Labute approximate surface area is 147 Å². The maximum Gasteiger partial charge on any atom is 0.409 e. The van der Waals surface area contributed by atoms with Gasteiger partial charge in [0.25, 0.3) is 0 Å². The molecule has 25 heavy (non-hydrogen) atoms. The number of rotatable bonds is 4. The first-order chi connectivity index (χ1) is 12.2. The first-order valence-electron chi connectivity index (χ1n) is 8.53. The second kappa shape index (κ2) is 7.98. The van der Waals surface area contributed by atoms with Crippen molar-refractivity contribution < 1.29 is 14.6 Å². The Kier molecular flexibility index (Phi) is 5.50. The fourth-order valence-corrected chi connectivity index (χ4v) is 2.97. The number of phenols is 1. The second-order valence-corrected chi connectivity index (χ2v) is 6.05. The summed E-state index contributed by atoms with van der Waals surface area (Å²) in [6.45, 7) is 5.66. The Morgan fingerprint density at radius 2 is 2.00 bits per heavy atom. The molecule has 1 N–H and O–H groups in total. The van der Waals surface area contributed by atoms with Gasteiger partial charge in [0.05, 0.1) is 6.61 Å². The average molecular weight is 341 g/mol. The molecule has 0 radical (unpaired) electrons. The number of amides is 1. The Hall–Kier alpha value is -2.60. The van der Waals surface area contributed by atoms with E-state index in [1.165, 1.54) is 0 Å². The Morgan fingerprint density at radius 1 is 1.20 bits per heavy atom. The van der Waals surface area contributed by atoms with E-state index in [0.29, 0.717) is 32.0 Å². The summed E-state index contributed by atoms with van der Waals surface area (Å²) in [5.41, 5.74) is 2.94. The second-order valence-electron chi connectivity index (χ2n) is 6.05. The normalized spacial score (nSPS) is 15.2. The van der Waals surface area contributed by atoms with Crippen molar-refractivity contribution >= 4 is 6.09 Å². The van der Waals surface area contributed by atoms with Crippen molar-refractivity contribution in [2.24, 2.45) is 0 Å². The molecule has 6 heteroatoms. The molecule has 1 aromatic heterocycles. The number of nitrogens with zero attached hydrogens (tertiary/aromatic N) is 3. The van der Waals surface area contributed by atoms with Gasteiger partial charge in [-0.2, -0.15) is 0 Å². The third-order valence-corrected chi connectivity index (χ3v) is 4.37. The minimum Gasteiger partial charge on any atom is -0.508 e. The Balaban J connectivity index is 1.65. The Morgan fingerprint density at radius 3 is 2.68 bits per heavy atom. The monoisotopic (exact) mass is 341 g/mol. The van der Waals surface area contributed by atoms with E-state index in [9.17, 15) is 9.90 Å². The third kappa shape index (κ3) is 4.28. The van der Waals surface area contributed by atoms with Crippen molar-refractivity contribution in [1.29, 1.82) is 0 Å². The van der Waals surface area contributed by atoms with Crippen LogP contribution in [0.5, 0.6) is 5.75 Å². The molecule has 1 aliphatic rings. The highest BCUT2D eigenvalue weighted by molar-refractivity contribution is 5.67. The number of benzene rings is 1. The molecule has 0 atom stereocenters. The number of hydrogen-bond donors (Lipinski definition) is 1. The number of carbonyl (C=O) groups excluding carboxylic acids is 1. The van der Waals surface area contributed by atoms with E-state index in [-0.39, 0.29) is 6.09 Å². The van der Waals surface area contributed by atoms with Gasteiger partial charge < -0.3 is 14.7 Å². The molecule has 0 bridgehead atoms. The molecule has 1 amide bonds. The van der Waals surface area contributed by atoms with Crippen LogP contribution in [0, 0.1) is 0 Å². The number of hydrogen-bond acceptors (Lipinski definition) is 5. The van der Waals surface area contributed by atoms with Crippen LogP contribution < -0.4 is 0 Å². The van der Waals surface area contributed by atoms with Crippen LogP contribution in [0.4, 0.5) is 4.79 Å². The summed E-state index contributed by atoms with van der Waals surface area (Å²) in [6, 6.07) is 9.53. The van der Waals surface area contributed by atoms with E-state index in [4.69, 9.17) is 4.74 Å². The van der Waals surface area contributed by atoms with Crippen LogP contribution in [-0.4, -0.2) is 58.8 Å². The first kappa shape index (κ1) is 17.2. The molecule has 0 aliphatic carbocycles. The quantitative estimate of drug-likeness (QED) is 0.926. The number of ether oxygens (including phenoxy) is 1. The maximum absolute atomic E-state index is 11.8. The van der Waals surface area contributed by atoms with E-state index in [0.717, 1.165) is 29.8 Å². The summed E-state index contributed by atoms with van der Waals surface area (Å²) < 4.78 is 5.04. The van der Waals surface area contributed by atoms with Gasteiger partial charge in [0, 0.05) is 56.2 Å². The van der Waals surface area contributed by atoms with E-state index in [2.05, 4.69) is 9.88 Å². The van der Waals surface area contributed by atoms with Gasteiger partial charge in [-0.3, -0.25) is 9.88 Å². The van der Waals surface area contributed by atoms with Gasteiger partial charge in [0.1, 0.15) is 5.75 Å². The fraction of sp³-hybridized carbons (Fsp3) is 0.368. The lowest BCUT2D eigenvalue weighted by molar-refractivity contribution is 0.0776. The predicted molar refractivity (Wildman–Crippen MR) is 95.2 cm³/mol. The molecule has 2 heterocycles. The van der Waals surface area contributed by atoms with Gasteiger partial charge in [-0.1, -0.05) is 12.1 Å². The SMILES string of the molecule is CCOC(=O)N1CCN(Cc2cc(-c3cccnc3)ccc2O)CC1. The summed E-state index contributed by atoms with van der Waals surface area (Å²) in [5.74, 6) is 0.292. The number of phenolic OH excluding ortho intramolecular Hbond substituents is 1. The lowest BCUT2D eigenvalue weighted by Crippen LogP contribution is -2.48. The number of pyridine rings is 1. The lowest BCUT2D eigenvalue weighted by Gasteiger charge is -2.34. The summed E-state index contributed by atoms with van der Waals surface area (Å²) >= 11 is 0. The summed E-state index contributed by atoms with van der Waals surface area (Å²) in [4.78, 5) is 19.9. The van der Waals surface area contributed by atoms with Gasteiger partial charge in [-0.15, -0.1) is 0 Å². The van der Waals surface area contributed by atoms with Crippen LogP contribution >= 0.6 is 0 Å². The number of piperazine rings is 1. The molecule has 0 saturated carbocycles. The third-order valence-electron chi connectivity index (χ3n) is 4.37. The minimum atomic E-state index is -0.247. The van der Waals surface area contributed by atoms with Gasteiger partial charge in [0.2, 0.25) is 0 Å². The van der Waals surface area contributed by atoms with Crippen LogP contribution in [-0.2, 0) is 11.3 Å². The minimum absolute atomic E-state index is 0.247.